The maximum Gasteiger partial charge on any atom is 0.155 e. The van der Waals surface area contributed by atoms with Gasteiger partial charge < -0.3 is 4.74 Å². The standard InChI is InChI=1S/C13H13ClN2O2/c1-18-9-12-11(8-17)13(14)16(15-12)7-10-5-3-2-4-6-10/h2-6,8H,7,9H2,1H3. The average molecular weight is 265 g/mol. The van der Waals surface area contributed by atoms with Crippen LogP contribution in [-0.2, 0) is 17.9 Å². The molecule has 0 fully saturated rings. The molecule has 0 aliphatic heterocycles. The molecule has 0 saturated carbocycles. The van der Waals surface area contributed by atoms with Gasteiger partial charge in [-0.1, -0.05) is 41.9 Å². The Bertz CT molecular complexity index is 537. The zero-order valence-corrected chi connectivity index (χ0v) is 10.7. The fourth-order valence-electron chi connectivity index (χ4n) is 1.72. The summed E-state index contributed by atoms with van der Waals surface area (Å²) in [6.07, 6.45) is 0.713. The summed E-state index contributed by atoms with van der Waals surface area (Å²) in [4.78, 5) is 11.0. The number of ether oxygens (including phenoxy) is 1. The predicted octanol–water partition coefficient (Wildman–Crippen LogP) is 2.54. The first-order valence-corrected chi connectivity index (χ1v) is 5.87. The van der Waals surface area contributed by atoms with Gasteiger partial charge in [0.05, 0.1) is 18.7 Å². The summed E-state index contributed by atoms with van der Waals surface area (Å²) in [5.74, 6) is 0. The molecule has 0 bridgehead atoms. The number of carbonyl (C=O) groups excluding carboxylic acids is 1. The lowest BCUT2D eigenvalue weighted by Gasteiger charge is -2.02. The molecule has 0 atom stereocenters. The molecule has 0 aliphatic carbocycles. The third-order valence-electron chi connectivity index (χ3n) is 2.58. The number of hydrogen-bond donors (Lipinski definition) is 0. The summed E-state index contributed by atoms with van der Waals surface area (Å²) in [6.45, 7) is 0.805. The van der Waals surface area contributed by atoms with Gasteiger partial charge in [0.15, 0.2) is 6.29 Å². The Morgan fingerprint density at radius 3 is 2.72 bits per heavy atom. The molecule has 0 aliphatic rings. The average Bonchev–Trinajstić information content (AvgIpc) is 2.67. The van der Waals surface area contributed by atoms with Gasteiger partial charge in [0.2, 0.25) is 0 Å². The molecule has 5 heteroatoms. The number of carbonyl (C=O) groups is 1. The van der Waals surface area contributed by atoms with Gasteiger partial charge in [-0.25, -0.2) is 4.68 Å². The Labute approximate surface area is 110 Å². The van der Waals surface area contributed by atoms with Gasteiger partial charge in [-0.15, -0.1) is 0 Å². The van der Waals surface area contributed by atoms with Crippen molar-refractivity contribution < 1.29 is 9.53 Å². The van der Waals surface area contributed by atoms with E-state index in [1.54, 1.807) is 11.8 Å². The topological polar surface area (TPSA) is 44.1 Å². The largest absolute Gasteiger partial charge is 0.378 e. The minimum atomic E-state index is 0.273. The fraction of sp³-hybridized carbons (Fsp3) is 0.231. The number of halogens is 1. The van der Waals surface area contributed by atoms with Crippen LogP contribution in [0.5, 0.6) is 0 Å². The molecule has 0 N–H and O–H groups in total. The van der Waals surface area contributed by atoms with Crippen molar-refractivity contribution in [3.05, 3.63) is 52.3 Å². The van der Waals surface area contributed by atoms with Crippen molar-refractivity contribution in [2.24, 2.45) is 0 Å². The molecule has 18 heavy (non-hydrogen) atoms. The Hall–Kier alpha value is -1.65. The quantitative estimate of drug-likeness (QED) is 0.780. The molecule has 2 aromatic rings. The number of rotatable bonds is 5. The second-order valence-corrected chi connectivity index (χ2v) is 4.20. The summed E-state index contributed by atoms with van der Waals surface area (Å²) in [7, 11) is 1.55. The first kappa shape index (κ1) is 12.8. The lowest BCUT2D eigenvalue weighted by atomic mass is 10.2. The maximum atomic E-state index is 11.0. The third-order valence-corrected chi connectivity index (χ3v) is 2.97. The van der Waals surface area contributed by atoms with Crippen LogP contribution in [0.3, 0.4) is 0 Å². The number of hydrogen-bond acceptors (Lipinski definition) is 3. The Balaban J connectivity index is 2.31. The van der Waals surface area contributed by atoms with Crippen molar-refractivity contribution >= 4 is 17.9 Å². The molecule has 94 valence electrons. The van der Waals surface area contributed by atoms with Gasteiger partial charge in [-0.05, 0) is 5.56 Å². The molecule has 0 saturated heterocycles. The van der Waals surface area contributed by atoms with E-state index in [2.05, 4.69) is 5.10 Å². The number of nitrogens with zero attached hydrogens (tertiary/aromatic N) is 2. The van der Waals surface area contributed by atoms with Crippen molar-refractivity contribution in [1.82, 2.24) is 9.78 Å². The lowest BCUT2D eigenvalue weighted by molar-refractivity contribution is 0.111. The molecule has 2 rings (SSSR count). The zero-order valence-electron chi connectivity index (χ0n) is 9.97. The number of benzene rings is 1. The molecule has 0 amide bonds. The smallest absolute Gasteiger partial charge is 0.155 e. The maximum absolute atomic E-state index is 11.0. The molecule has 1 aromatic heterocycles. The summed E-state index contributed by atoms with van der Waals surface area (Å²) in [6, 6.07) is 9.80. The highest BCUT2D eigenvalue weighted by atomic mass is 35.5. The van der Waals surface area contributed by atoms with Gasteiger partial charge in [0.25, 0.3) is 0 Å². The van der Waals surface area contributed by atoms with E-state index in [0.29, 0.717) is 29.2 Å². The SMILES string of the molecule is COCc1nn(Cc2ccccc2)c(Cl)c1C=O. The normalized spacial score (nSPS) is 10.6. The van der Waals surface area contributed by atoms with Crippen LogP contribution in [-0.4, -0.2) is 23.2 Å². The van der Waals surface area contributed by atoms with Crippen LogP contribution in [0.4, 0.5) is 0 Å². The molecule has 1 aromatic carbocycles. The molecule has 1 heterocycles. The Morgan fingerprint density at radius 1 is 1.39 bits per heavy atom. The molecular formula is C13H13ClN2O2. The van der Waals surface area contributed by atoms with Crippen LogP contribution < -0.4 is 0 Å². The van der Waals surface area contributed by atoms with Gasteiger partial charge >= 0.3 is 0 Å². The molecule has 0 spiro atoms. The van der Waals surface area contributed by atoms with E-state index in [4.69, 9.17) is 16.3 Å². The van der Waals surface area contributed by atoms with Gasteiger partial charge in [-0.3, -0.25) is 4.79 Å². The minimum Gasteiger partial charge on any atom is -0.378 e. The van der Waals surface area contributed by atoms with Crippen LogP contribution in [0.25, 0.3) is 0 Å². The van der Waals surface area contributed by atoms with Crippen molar-refractivity contribution in [3.8, 4) is 0 Å². The summed E-state index contributed by atoms with van der Waals surface area (Å²) in [5, 5.41) is 4.64. The first-order valence-electron chi connectivity index (χ1n) is 5.49. The van der Waals surface area contributed by atoms with E-state index in [0.717, 1.165) is 5.56 Å². The molecule has 4 nitrogen and oxygen atoms in total. The van der Waals surface area contributed by atoms with E-state index in [9.17, 15) is 4.79 Å². The van der Waals surface area contributed by atoms with Crippen molar-refractivity contribution in [3.63, 3.8) is 0 Å². The third kappa shape index (κ3) is 2.60. The van der Waals surface area contributed by atoms with Crippen molar-refractivity contribution in [2.75, 3.05) is 7.11 Å². The highest BCUT2D eigenvalue weighted by Crippen LogP contribution is 2.20. The van der Waals surface area contributed by atoms with Gasteiger partial charge in [-0.2, -0.15) is 5.10 Å². The van der Waals surface area contributed by atoms with E-state index < -0.39 is 0 Å². The fourth-order valence-corrected chi connectivity index (χ4v) is 1.97. The summed E-state index contributed by atoms with van der Waals surface area (Å²) >= 11 is 6.13. The number of aldehydes is 1. The van der Waals surface area contributed by atoms with E-state index in [1.807, 2.05) is 30.3 Å². The Kier molecular flexibility index (Phi) is 4.12. The van der Waals surface area contributed by atoms with Crippen LogP contribution in [0.2, 0.25) is 5.15 Å². The van der Waals surface area contributed by atoms with Crippen LogP contribution >= 0.6 is 11.6 Å². The highest BCUT2D eigenvalue weighted by Gasteiger charge is 2.15. The summed E-state index contributed by atoms with van der Waals surface area (Å²) < 4.78 is 6.60. The molecule has 0 radical (unpaired) electrons. The van der Waals surface area contributed by atoms with Gasteiger partial charge in [0.1, 0.15) is 10.8 Å². The van der Waals surface area contributed by atoms with E-state index in [-0.39, 0.29) is 6.61 Å². The number of aromatic nitrogens is 2. The van der Waals surface area contributed by atoms with Gasteiger partial charge in [0, 0.05) is 7.11 Å². The molecule has 0 unspecified atom stereocenters. The number of methoxy groups -OCH3 is 1. The summed E-state index contributed by atoms with van der Waals surface area (Å²) in [5.41, 5.74) is 2.03. The van der Waals surface area contributed by atoms with E-state index in [1.165, 1.54) is 0 Å². The second-order valence-electron chi connectivity index (χ2n) is 3.85. The van der Waals surface area contributed by atoms with Crippen LogP contribution in [0.15, 0.2) is 30.3 Å². The van der Waals surface area contributed by atoms with Crippen molar-refractivity contribution in [2.45, 2.75) is 13.2 Å². The lowest BCUT2D eigenvalue weighted by Crippen LogP contribution is -2.02. The monoisotopic (exact) mass is 264 g/mol. The minimum absolute atomic E-state index is 0.273. The van der Waals surface area contributed by atoms with Crippen molar-refractivity contribution in [1.29, 1.82) is 0 Å². The predicted molar refractivity (Wildman–Crippen MR) is 68.9 cm³/mol. The molecular weight excluding hydrogens is 252 g/mol. The van der Waals surface area contributed by atoms with Crippen LogP contribution in [0, 0.1) is 0 Å². The highest BCUT2D eigenvalue weighted by molar-refractivity contribution is 6.32. The van der Waals surface area contributed by atoms with E-state index >= 15 is 0 Å². The zero-order chi connectivity index (χ0) is 13.0. The second kappa shape index (κ2) is 5.80. The first-order chi connectivity index (χ1) is 8.76. The van der Waals surface area contributed by atoms with Crippen LogP contribution in [0.1, 0.15) is 21.6 Å². The Morgan fingerprint density at radius 2 is 2.11 bits per heavy atom.